The second kappa shape index (κ2) is 8.38. The average molecular weight is 306 g/mol. The van der Waals surface area contributed by atoms with Crippen LogP contribution in [0.5, 0.6) is 0 Å². The van der Waals surface area contributed by atoms with Gasteiger partial charge in [0.25, 0.3) is 0 Å². The van der Waals surface area contributed by atoms with Crippen molar-refractivity contribution in [2.24, 2.45) is 0 Å². The van der Waals surface area contributed by atoms with E-state index >= 15 is 0 Å². The number of likely N-dealkylation sites (N-methyl/N-ethyl adjacent to an activating group) is 2. The number of hydrogen-bond acceptors (Lipinski definition) is 4. The third-order valence-electron chi connectivity index (χ3n) is 3.42. The van der Waals surface area contributed by atoms with Crippen molar-refractivity contribution < 1.29 is 9.59 Å². The van der Waals surface area contributed by atoms with Gasteiger partial charge in [0, 0.05) is 32.9 Å². The molecular formula is C16H26N4O2. The maximum atomic E-state index is 11.7. The van der Waals surface area contributed by atoms with E-state index in [9.17, 15) is 9.59 Å². The van der Waals surface area contributed by atoms with Crippen LogP contribution < -0.4 is 15.5 Å². The van der Waals surface area contributed by atoms with Gasteiger partial charge in [-0.05, 0) is 38.7 Å². The summed E-state index contributed by atoms with van der Waals surface area (Å²) in [5, 5.41) is 5.17. The number of anilines is 1. The molecule has 0 radical (unpaired) electrons. The van der Waals surface area contributed by atoms with Crippen LogP contribution in [0.4, 0.5) is 5.69 Å². The van der Waals surface area contributed by atoms with E-state index in [-0.39, 0.29) is 6.04 Å². The zero-order chi connectivity index (χ0) is 16.7. The zero-order valence-electron chi connectivity index (χ0n) is 14.0. The van der Waals surface area contributed by atoms with Crippen molar-refractivity contribution in [3.05, 3.63) is 29.8 Å². The van der Waals surface area contributed by atoms with Gasteiger partial charge < -0.3 is 20.4 Å². The Labute approximate surface area is 132 Å². The minimum Gasteiger partial charge on any atom is -0.378 e. The maximum absolute atomic E-state index is 11.7. The second-order valence-corrected chi connectivity index (χ2v) is 5.53. The highest BCUT2D eigenvalue weighted by atomic mass is 16.2. The predicted molar refractivity (Wildman–Crippen MR) is 88.9 cm³/mol. The molecule has 0 aromatic heterocycles. The molecule has 0 heterocycles. The summed E-state index contributed by atoms with van der Waals surface area (Å²) in [6.45, 7) is 2.60. The number of nitrogens with zero attached hydrogens (tertiary/aromatic N) is 2. The molecule has 0 unspecified atom stereocenters. The van der Waals surface area contributed by atoms with Gasteiger partial charge in [-0.25, -0.2) is 0 Å². The van der Waals surface area contributed by atoms with Gasteiger partial charge in [-0.2, -0.15) is 0 Å². The zero-order valence-corrected chi connectivity index (χ0v) is 14.0. The fourth-order valence-corrected chi connectivity index (χ4v) is 2.10. The van der Waals surface area contributed by atoms with Crippen LogP contribution in [0.3, 0.4) is 0 Å². The second-order valence-electron chi connectivity index (χ2n) is 5.53. The quantitative estimate of drug-likeness (QED) is 0.756. The lowest BCUT2D eigenvalue weighted by Gasteiger charge is -2.25. The van der Waals surface area contributed by atoms with Crippen LogP contribution in [0, 0.1) is 0 Å². The van der Waals surface area contributed by atoms with Crippen LogP contribution in [0.25, 0.3) is 0 Å². The van der Waals surface area contributed by atoms with Crippen molar-refractivity contribution in [3.8, 4) is 0 Å². The van der Waals surface area contributed by atoms with Crippen LogP contribution >= 0.6 is 0 Å². The number of benzene rings is 1. The van der Waals surface area contributed by atoms with Crippen molar-refractivity contribution in [2.45, 2.75) is 13.0 Å². The molecule has 22 heavy (non-hydrogen) atoms. The summed E-state index contributed by atoms with van der Waals surface area (Å²) in [5.74, 6) is -1.19. The van der Waals surface area contributed by atoms with Gasteiger partial charge in [0.1, 0.15) is 0 Å². The van der Waals surface area contributed by atoms with E-state index in [0.29, 0.717) is 13.1 Å². The highest BCUT2D eigenvalue weighted by Gasteiger charge is 2.18. The van der Waals surface area contributed by atoms with E-state index in [1.165, 1.54) is 0 Å². The molecule has 6 nitrogen and oxygen atoms in total. The standard InChI is InChI=1S/C16H26N4O2/c1-6-17-15(21)16(22)18-11-14(20(4)5)12-7-9-13(10-8-12)19(2)3/h7-10,14H,6,11H2,1-5H3,(H,17,21)(H,18,22)/t14-/m0/s1. The van der Waals surface area contributed by atoms with E-state index in [0.717, 1.165) is 11.3 Å². The van der Waals surface area contributed by atoms with E-state index < -0.39 is 11.8 Å². The maximum Gasteiger partial charge on any atom is 0.309 e. The third kappa shape index (κ3) is 5.04. The summed E-state index contributed by atoms with van der Waals surface area (Å²) in [4.78, 5) is 27.2. The number of carbonyl (C=O) groups excluding carboxylic acids is 2. The molecule has 0 spiro atoms. The Morgan fingerprint density at radius 2 is 1.55 bits per heavy atom. The van der Waals surface area contributed by atoms with Crippen molar-refractivity contribution in [2.75, 3.05) is 46.2 Å². The molecule has 0 aliphatic carbocycles. The first-order chi connectivity index (χ1) is 10.4. The van der Waals surface area contributed by atoms with Crippen molar-refractivity contribution >= 4 is 17.5 Å². The summed E-state index contributed by atoms with van der Waals surface area (Å²) in [6, 6.07) is 8.17. The lowest BCUT2D eigenvalue weighted by molar-refractivity contribution is -0.139. The number of amides is 2. The van der Waals surface area contributed by atoms with Crippen LogP contribution in [0.2, 0.25) is 0 Å². The van der Waals surface area contributed by atoms with Crippen LogP contribution in [-0.2, 0) is 9.59 Å². The Bertz CT molecular complexity index is 497. The monoisotopic (exact) mass is 306 g/mol. The summed E-state index contributed by atoms with van der Waals surface area (Å²) < 4.78 is 0. The highest BCUT2D eigenvalue weighted by Crippen LogP contribution is 2.20. The normalized spacial score (nSPS) is 11.9. The van der Waals surface area contributed by atoms with E-state index in [4.69, 9.17) is 0 Å². The predicted octanol–water partition coefficient (Wildman–Crippen LogP) is 0.608. The Morgan fingerprint density at radius 1 is 1.00 bits per heavy atom. The molecule has 1 aromatic carbocycles. The van der Waals surface area contributed by atoms with Crippen LogP contribution in [0.1, 0.15) is 18.5 Å². The first-order valence-electron chi connectivity index (χ1n) is 7.36. The first-order valence-corrected chi connectivity index (χ1v) is 7.36. The molecule has 1 aromatic rings. The first kappa shape index (κ1) is 18.0. The fraction of sp³-hybridized carbons (Fsp3) is 0.500. The van der Waals surface area contributed by atoms with E-state index in [1.54, 1.807) is 6.92 Å². The molecule has 0 bridgehead atoms. The summed E-state index contributed by atoms with van der Waals surface area (Å²) >= 11 is 0. The molecule has 122 valence electrons. The van der Waals surface area contributed by atoms with Gasteiger partial charge in [0.2, 0.25) is 0 Å². The molecule has 1 atom stereocenters. The molecule has 0 saturated carbocycles. The Hall–Kier alpha value is -2.08. The lowest BCUT2D eigenvalue weighted by Crippen LogP contribution is -2.43. The molecule has 0 aliphatic rings. The Balaban J connectivity index is 2.73. The van der Waals surface area contributed by atoms with Crippen molar-refractivity contribution in [3.63, 3.8) is 0 Å². The fourth-order valence-electron chi connectivity index (χ4n) is 2.10. The van der Waals surface area contributed by atoms with E-state index in [2.05, 4.69) is 10.6 Å². The van der Waals surface area contributed by atoms with Crippen LogP contribution in [0.15, 0.2) is 24.3 Å². The van der Waals surface area contributed by atoms with Gasteiger partial charge >= 0.3 is 11.8 Å². The highest BCUT2D eigenvalue weighted by molar-refractivity contribution is 6.35. The Morgan fingerprint density at radius 3 is 2.00 bits per heavy atom. The topological polar surface area (TPSA) is 64.7 Å². The molecule has 0 aliphatic heterocycles. The van der Waals surface area contributed by atoms with E-state index in [1.807, 2.05) is 62.3 Å². The summed E-state index contributed by atoms with van der Waals surface area (Å²) in [7, 11) is 7.88. The Kier molecular flexibility index (Phi) is 6.85. The largest absolute Gasteiger partial charge is 0.378 e. The molecule has 0 fully saturated rings. The molecule has 0 saturated heterocycles. The molecular weight excluding hydrogens is 280 g/mol. The summed E-state index contributed by atoms with van der Waals surface area (Å²) in [6.07, 6.45) is 0. The molecule has 2 amide bonds. The number of nitrogens with one attached hydrogen (secondary N) is 2. The van der Waals surface area contributed by atoms with Gasteiger partial charge in [0.15, 0.2) is 0 Å². The third-order valence-corrected chi connectivity index (χ3v) is 3.42. The number of hydrogen-bond donors (Lipinski definition) is 2. The molecule has 6 heteroatoms. The van der Waals surface area contributed by atoms with Gasteiger partial charge in [-0.15, -0.1) is 0 Å². The molecule has 1 rings (SSSR count). The smallest absolute Gasteiger partial charge is 0.309 e. The van der Waals surface area contributed by atoms with Gasteiger partial charge in [-0.1, -0.05) is 12.1 Å². The number of carbonyl (C=O) groups is 2. The van der Waals surface area contributed by atoms with Crippen molar-refractivity contribution in [1.29, 1.82) is 0 Å². The minimum atomic E-state index is -0.599. The number of rotatable bonds is 6. The van der Waals surface area contributed by atoms with Gasteiger partial charge in [-0.3, -0.25) is 9.59 Å². The SMILES string of the molecule is CCNC(=O)C(=O)NC[C@@H](c1ccc(N(C)C)cc1)N(C)C. The minimum absolute atomic E-state index is 0.00888. The van der Waals surface area contributed by atoms with Crippen molar-refractivity contribution in [1.82, 2.24) is 15.5 Å². The summed E-state index contributed by atoms with van der Waals surface area (Å²) in [5.41, 5.74) is 2.21. The molecule has 2 N–H and O–H groups in total. The van der Waals surface area contributed by atoms with Gasteiger partial charge in [0.05, 0.1) is 6.04 Å². The lowest BCUT2D eigenvalue weighted by atomic mass is 10.1. The average Bonchev–Trinajstić information content (AvgIpc) is 2.47. The van der Waals surface area contributed by atoms with Crippen LogP contribution in [-0.4, -0.2) is 58.0 Å².